The average molecular weight is 735 g/mol. The van der Waals surface area contributed by atoms with Crippen LogP contribution in [0.1, 0.15) is 30.5 Å². The molecule has 1 aliphatic heterocycles. The molecule has 0 unspecified atom stereocenters. The van der Waals surface area contributed by atoms with Crippen molar-refractivity contribution in [3.05, 3.63) is 102 Å². The molecule has 0 bridgehead atoms. The van der Waals surface area contributed by atoms with E-state index < -0.39 is 11.7 Å². The van der Waals surface area contributed by atoms with E-state index in [2.05, 4.69) is 53.0 Å². The number of hydrogen-bond acceptors (Lipinski definition) is 5. The predicted octanol–water partition coefficient (Wildman–Crippen LogP) is 7.99. The molecule has 3 heterocycles. The van der Waals surface area contributed by atoms with Crippen LogP contribution in [0.15, 0.2) is 79.0 Å². The van der Waals surface area contributed by atoms with Crippen molar-refractivity contribution in [3.63, 3.8) is 0 Å². The summed E-state index contributed by atoms with van der Waals surface area (Å²) >= 11 is 0. The SMILES string of the molecule is CN(C)c1ccc2c(c1)N(c1ccccn1)c1[c-]c(-c3ccc4c(C(F)(F)F)ccc(O)c4n3)ccc1C2(C)C.[Pt]. The number of phenols is 1. The molecule has 0 atom stereocenters. The Balaban J connectivity index is 0.00000337. The molecule has 0 radical (unpaired) electrons. The van der Waals surface area contributed by atoms with Crippen LogP contribution in [-0.2, 0) is 32.7 Å². The van der Waals surface area contributed by atoms with Crippen LogP contribution in [0.5, 0.6) is 5.75 Å². The fourth-order valence-corrected chi connectivity index (χ4v) is 5.41. The maximum atomic E-state index is 13.6. The number of pyridine rings is 2. The molecule has 2 aromatic heterocycles. The van der Waals surface area contributed by atoms with Crippen LogP contribution in [0, 0.1) is 6.07 Å². The van der Waals surface area contributed by atoms with Gasteiger partial charge < -0.3 is 14.9 Å². The van der Waals surface area contributed by atoms with Gasteiger partial charge in [-0.1, -0.05) is 43.7 Å². The summed E-state index contributed by atoms with van der Waals surface area (Å²) in [5, 5.41) is 10.2. The minimum atomic E-state index is -4.57. The van der Waals surface area contributed by atoms with Gasteiger partial charge in [0, 0.05) is 52.4 Å². The second kappa shape index (κ2) is 10.2. The molecular weight excluding hydrogens is 708 g/mol. The second-order valence-electron chi connectivity index (χ2n) is 10.6. The Bertz CT molecular complexity index is 1770. The summed E-state index contributed by atoms with van der Waals surface area (Å²) in [6.07, 6.45) is -2.83. The number of alkyl halides is 3. The summed E-state index contributed by atoms with van der Waals surface area (Å²) in [4.78, 5) is 13.2. The van der Waals surface area contributed by atoms with Crippen LogP contribution in [0.4, 0.5) is 36.1 Å². The summed E-state index contributed by atoms with van der Waals surface area (Å²) < 4.78 is 40.8. The average Bonchev–Trinajstić information content (AvgIpc) is 2.92. The molecule has 0 aliphatic carbocycles. The number of fused-ring (bicyclic) bond motifs is 3. The Kier molecular flexibility index (Phi) is 7.11. The predicted molar refractivity (Wildman–Crippen MR) is 152 cm³/mol. The van der Waals surface area contributed by atoms with E-state index in [9.17, 15) is 18.3 Å². The number of aromatic nitrogens is 2. The number of nitrogens with zero attached hydrogens (tertiary/aromatic N) is 4. The van der Waals surface area contributed by atoms with Crippen LogP contribution in [0.25, 0.3) is 22.2 Å². The van der Waals surface area contributed by atoms with Gasteiger partial charge in [-0.2, -0.15) is 13.2 Å². The number of benzene rings is 3. The molecule has 9 heteroatoms. The molecule has 41 heavy (non-hydrogen) atoms. The number of phenolic OH excluding ortho intramolecular Hbond substituents is 1. The molecule has 3 aromatic carbocycles. The first-order valence-corrected chi connectivity index (χ1v) is 12.8. The van der Waals surface area contributed by atoms with Crippen LogP contribution < -0.4 is 9.80 Å². The summed E-state index contributed by atoms with van der Waals surface area (Å²) in [7, 11) is 3.98. The molecule has 212 valence electrons. The Hall–Kier alpha value is -3.90. The largest absolute Gasteiger partial charge is 0.506 e. The zero-order valence-electron chi connectivity index (χ0n) is 22.7. The van der Waals surface area contributed by atoms with Crippen molar-refractivity contribution in [2.24, 2.45) is 0 Å². The zero-order chi connectivity index (χ0) is 28.4. The fraction of sp³-hybridized carbons (Fsp3) is 0.188. The van der Waals surface area contributed by atoms with Gasteiger partial charge in [-0.05, 0) is 58.8 Å². The van der Waals surface area contributed by atoms with Crippen LogP contribution in [0.2, 0.25) is 0 Å². The molecule has 5 aromatic rings. The third-order valence-corrected chi connectivity index (χ3v) is 7.53. The quantitative estimate of drug-likeness (QED) is 0.191. The zero-order valence-corrected chi connectivity index (χ0v) is 25.0. The number of anilines is 4. The summed E-state index contributed by atoms with van der Waals surface area (Å²) in [6.45, 7) is 4.32. The van der Waals surface area contributed by atoms with E-state index in [1.165, 1.54) is 12.1 Å². The number of hydrogen-bond donors (Lipinski definition) is 1. The fourth-order valence-electron chi connectivity index (χ4n) is 5.41. The maximum absolute atomic E-state index is 13.6. The van der Waals surface area contributed by atoms with E-state index in [-0.39, 0.29) is 43.1 Å². The molecule has 1 aliphatic rings. The van der Waals surface area contributed by atoms with Gasteiger partial charge in [0.15, 0.2) is 0 Å². The Morgan fingerprint density at radius 2 is 1.68 bits per heavy atom. The van der Waals surface area contributed by atoms with Crippen molar-refractivity contribution >= 4 is 33.8 Å². The molecular formula is C32H26F3N4OPt-. The van der Waals surface area contributed by atoms with Crippen LogP contribution >= 0.6 is 0 Å². The molecule has 0 spiro atoms. The molecule has 0 saturated heterocycles. The Morgan fingerprint density at radius 3 is 2.37 bits per heavy atom. The standard InChI is InChI=1S/C32H26F3N4O.Pt/c1-31(2)23-11-8-19(25-14-10-21-22(32(33,34)35)13-15-28(40)30(21)37-25)17-26(23)39(29-7-5-6-16-36-29)27-18-20(38(3)4)9-12-24(27)31;/h5-16,18,40H,1-4H3;/q-1;. The van der Waals surface area contributed by atoms with E-state index in [0.29, 0.717) is 17.1 Å². The van der Waals surface area contributed by atoms with Gasteiger partial charge in [0.1, 0.15) is 17.1 Å². The van der Waals surface area contributed by atoms with Crippen molar-refractivity contribution < 1.29 is 39.3 Å². The van der Waals surface area contributed by atoms with Crippen molar-refractivity contribution in [2.75, 3.05) is 23.9 Å². The Morgan fingerprint density at radius 1 is 0.927 bits per heavy atom. The van der Waals surface area contributed by atoms with Crippen molar-refractivity contribution in [1.82, 2.24) is 9.97 Å². The molecule has 5 nitrogen and oxygen atoms in total. The molecule has 1 N–H and O–H groups in total. The van der Waals surface area contributed by atoms with E-state index in [0.717, 1.165) is 40.3 Å². The maximum Gasteiger partial charge on any atom is 0.417 e. The van der Waals surface area contributed by atoms with Gasteiger partial charge in [-0.3, -0.25) is 4.98 Å². The first kappa shape index (κ1) is 28.6. The van der Waals surface area contributed by atoms with Crippen LogP contribution in [0.3, 0.4) is 0 Å². The first-order valence-electron chi connectivity index (χ1n) is 12.8. The Labute approximate surface area is 250 Å². The third kappa shape index (κ3) is 4.74. The van der Waals surface area contributed by atoms with Gasteiger partial charge in [0.25, 0.3) is 0 Å². The van der Waals surface area contributed by atoms with E-state index >= 15 is 0 Å². The molecule has 0 saturated carbocycles. The number of aromatic hydroxyl groups is 1. The summed E-state index contributed by atoms with van der Waals surface area (Å²) in [5.41, 5.74) is 4.59. The normalized spacial score (nSPS) is 13.8. The number of rotatable bonds is 3. The second-order valence-corrected chi connectivity index (χ2v) is 10.6. The number of halogens is 3. The van der Waals surface area contributed by atoms with Gasteiger partial charge in [0.2, 0.25) is 0 Å². The van der Waals surface area contributed by atoms with Crippen LogP contribution in [-0.4, -0.2) is 29.2 Å². The van der Waals surface area contributed by atoms with Gasteiger partial charge in [-0.15, -0.1) is 23.8 Å². The third-order valence-electron chi connectivity index (χ3n) is 7.53. The minimum Gasteiger partial charge on any atom is -0.506 e. The van der Waals surface area contributed by atoms with Gasteiger partial charge >= 0.3 is 6.18 Å². The van der Waals surface area contributed by atoms with Gasteiger partial charge in [0.05, 0.1) is 11.3 Å². The van der Waals surface area contributed by atoms with E-state index in [1.54, 1.807) is 6.20 Å². The van der Waals surface area contributed by atoms with Crippen molar-refractivity contribution in [3.8, 4) is 17.0 Å². The van der Waals surface area contributed by atoms with E-state index in [4.69, 9.17) is 0 Å². The van der Waals surface area contributed by atoms with Crippen molar-refractivity contribution in [1.29, 1.82) is 0 Å². The topological polar surface area (TPSA) is 52.5 Å². The molecule has 0 amide bonds. The molecule has 0 fully saturated rings. The molecule has 6 rings (SSSR count). The van der Waals surface area contributed by atoms with Crippen molar-refractivity contribution in [2.45, 2.75) is 25.4 Å². The summed E-state index contributed by atoms with van der Waals surface area (Å²) in [5.74, 6) is 0.396. The van der Waals surface area contributed by atoms with Gasteiger partial charge in [-0.25, -0.2) is 4.98 Å². The minimum absolute atomic E-state index is 0. The monoisotopic (exact) mass is 734 g/mol. The first-order chi connectivity index (χ1) is 19.0. The van der Waals surface area contributed by atoms with E-state index in [1.807, 2.05) is 49.3 Å². The smallest absolute Gasteiger partial charge is 0.417 e. The summed E-state index contributed by atoms with van der Waals surface area (Å²) in [6, 6.07) is 24.3.